The number of halogens is 1. The van der Waals surface area contributed by atoms with E-state index in [1.807, 2.05) is 0 Å². The highest BCUT2D eigenvalue weighted by Crippen LogP contribution is 2.08. The number of aliphatic carboxylic acids is 1. The Kier molecular flexibility index (Phi) is 3.24. The Labute approximate surface area is 81.4 Å². The fraction of sp³-hybridized carbons (Fsp3) is 0.182. The number of carboxylic acid groups (broad SMARTS) is 1. The van der Waals surface area contributed by atoms with Crippen molar-refractivity contribution in [3.63, 3.8) is 0 Å². The minimum atomic E-state index is -0.961. The van der Waals surface area contributed by atoms with E-state index in [1.165, 1.54) is 12.1 Å². The van der Waals surface area contributed by atoms with Gasteiger partial charge in [-0.3, -0.25) is 4.79 Å². The number of carbonyl (C=O) groups is 1. The maximum absolute atomic E-state index is 12.7. The quantitative estimate of drug-likeness (QED) is 0.690. The van der Waals surface area contributed by atoms with Gasteiger partial charge in [-0.2, -0.15) is 0 Å². The molecule has 0 radical (unpaired) electrons. The first kappa shape index (κ1) is 10.3. The summed E-state index contributed by atoms with van der Waals surface area (Å²) in [6, 6.07) is 4.21. The van der Waals surface area contributed by atoms with Gasteiger partial charge in [0.2, 0.25) is 0 Å². The summed E-state index contributed by atoms with van der Waals surface area (Å²) in [6.45, 7) is 1.73. The molecule has 0 bridgehead atoms. The van der Waals surface area contributed by atoms with Crippen molar-refractivity contribution < 1.29 is 14.3 Å². The standard InChI is InChI=1S/C11H9FO2/c1-8-7-10(12)6-5-9(8)3-2-4-11(13)14/h5-7H,4H2,1H3,(H,13,14). The molecule has 0 spiro atoms. The minimum Gasteiger partial charge on any atom is -0.481 e. The first-order valence-corrected chi connectivity index (χ1v) is 4.06. The molecule has 14 heavy (non-hydrogen) atoms. The second-order valence-electron chi connectivity index (χ2n) is 2.83. The van der Waals surface area contributed by atoms with Gasteiger partial charge in [0.15, 0.2) is 0 Å². The fourth-order valence-electron chi connectivity index (χ4n) is 0.982. The minimum absolute atomic E-state index is 0.198. The molecule has 3 heteroatoms. The monoisotopic (exact) mass is 192 g/mol. The van der Waals surface area contributed by atoms with Crippen LogP contribution in [0.4, 0.5) is 4.39 Å². The third-order valence-corrected chi connectivity index (χ3v) is 1.65. The molecule has 0 amide bonds. The summed E-state index contributed by atoms with van der Waals surface area (Å²) in [4.78, 5) is 10.2. The zero-order valence-electron chi connectivity index (χ0n) is 7.67. The molecular formula is C11H9FO2. The van der Waals surface area contributed by atoms with Crippen LogP contribution in [0.25, 0.3) is 0 Å². The van der Waals surface area contributed by atoms with E-state index in [-0.39, 0.29) is 12.2 Å². The molecule has 0 aliphatic heterocycles. The average molecular weight is 192 g/mol. The number of hydrogen-bond acceptors (Lipinski definition) is 1. The van der Waals surface area contributed by atoms with Crippen LogP contribution in [0.2, 0.25) is 0 Å². The molecule has 0 saturated carbocycles. The Balaban J connectivity index is 2.85. The second kappa shape index (κ2) is 4.43. The molecule has 2 nitrogen and oxygen atoms in total. The maximum Gasteiger partial charge on any atom is 0.315 e. The molecule has 1 aromatic rings. The van der Waals surface area contributed by atoms with E-state index >= 15 is 0 Å². The van der Waals surface area contributed by atoms with Crippen LogP contribution in [0.15, 0.2) is 18.2 Å². The number of rotatable bonds is 1. The second-order valence-corrected chi connectivity index (χ2v) is 2.83. The topological polar surface area (TPSA) is 37.3 Å². The first-order chi connectivity index (χ1) is 6.59. The van der Waals surface area contributed by atoms with Crippen molar-refractivity contribution in [2.45, 2.75) is 13.3 Å². The van der Waals surface area contributed by atoms with Gasteiger partial charge in [0.1, 0.15) is 12.2 Å². The van der Waals surface area contributed by atoms with Crippen LogP contribution in [-0.2, 0) is 4.79 Å². The van der Waals surface area contributed by atoms with Gasteiger partial charge < -0.3 is 5.11 Å². The van der Waals surface area contributed by atoms with Gasteiger partial charge >= 0.3 is 5.97 Å². The molecule has 0 saturated heterocycles. The average Bonchev–Trinajstić information content (AvgIpc) is 2.08. The van der Waals surface area contributed by atoms with Crippen LogP contribution >= 0.6 is 0 Å². The van der Waals surface area contributed by atoms with Gasteiger partial charge in [-0.25, -0.2) is 4.39 Å². The van der Waals surface area contributed by atoms with Gasteiger partial charge in [-0.15, -0.1) is 0 Å². The number of carboxylic acids is 1. The number of benzene rings is 1. The van der Waals surface area contributed by atoms with Gasteiger partial charge in [0, 0.05) is 5.56 Å². The molecule has 1 N–H and O–H groups in total. The summed E-state index contributed by atoms with van der Waals surface area (Å²) < 4.78 is 12.7. The zero-order chi connectivity index (χ0) is 10.6. The molecule has 1 rings (SSSR count). The highest BCUT2D eigenvalue weighted by Gasteiger charge is 1.96. The lowest BCUT2D eigenvalue weighted by Gasteiger charge is -1.96. The highest BCUT2D eigenvalue weighted by molar-refractivity contribution is 5.70. The predicted molar refractivity (Wildman–Crippen MR) is 50.3 cm³/mol. The Morgan fingerprint density at radius 2 is 2.29 bits per heavy atom. The van der Waals surface area contributed by atoms with Crippen molar-refractivity contribution in [2.75, 3.05) is 0 Å². The predicted octanol–water partition coefficient (Wildman–Crippen LogP) is 1.96. The molecule has 72 valence electrons. The Morgan fingerprint density at radius 3 is 2.86 bits per heavy atom. The van der Waals surface area contributed by atoms with Crippen molar-refractivity contribution in [1.82, 2.24) is 0 Å². The van der Waals surface area contributed by atoms with E-state index in [0.29, 0.717) is 11.1 Å². The smallest absolute Gasteiger partial charge is 0.315 e. The van der Waals surface area contributed by atoms with E-state index in [4.69, 9.17) is 5.11 Å². The van der Waals surface area contributed by atoms with Crippen LogP contribution in [0.5, 0.6) is 0 Å². The molecule has 0 fully saturated rings. The Hall–Kier alpha value is -1.82. The third-order valence-electron chi connectivity index (χ3n) is 1.65. The molecule has 0 atom stereocenters. The van der Waals surface area contributed by atoms with E-state index in [1.54, 1.807) is 13.0 Å². The van der Waals surface area contributed by atoms with Gasteiger partial charge in [0.25, 0.3) is 0 Å². The number of aryl methyl sites for hydroxylation is 1. The lowest BCUT2D eigenvalue weighted by molar-refractivity contribution is -0.135. The molecule has 0 aromatic heterocycles. The first-order valence-electron chi connectivity index (χ1n) is 4.06. The molecule has 0 heterocycles. The van der Waals surface area contributed by atoms with Crippen molar-refractivity contribution in [3.05, 3.63) is 35.1 Å². The zero-order valence-corrected chi connectivity index (χ0v) is 7.67. The van der Waals surface area contributed by atoms with Crippen molar-refractivity contribution in [1.29, 1.82) is 0 Å². The van der Waals surface area contributed by atoms with Gasteiger partial charge in [-0.05, 0) is 30.7 Å². The molecular weight excluding hydrogens is 183 g/mol. The van der Waals surface area contributed by atoms with E-state index in [9.17, 15) is 9.18 Å². The van der Waals surface area contributed by atoms with Crippen LogP contribution in [0.3, 0.4) is 0 Å². The number of hydrogen-bond donors (Lipinski definition) is 1. The summed E-state index contributed by atoms with van der Waals surface area (Å²) in [7, 11) is 0. The Morgan fingerprint density at radius 1 is 1.57 bits per heavy atom. The largest absolute Gasteiger partial charge is 0.481 e. The summed E-state index contributed by atoms with van der Waals surface area (Å²) in [5.74, 6) is 3.89. The summed E-state index contributed by atoms with van der Waals surface area (Å²) in [5, 5.41) is 8.34. The normalized spacial score (nSPS) is 9.00. The Bertz CT molecular complexity index is 413. The van der Waals surface area contributed by atoms with Crippen LogP contribution in [-0.4, -0.2) is 11.1 Å². The highest BCUT2D eigenvalue weighted by atomic mass is 19.1. The van der Waals surface area contributed by atoms with Gasteiger partial charge in [0.05, 0.1) is 0 Å². The SMILES string of the molecule is Cc1cc(F)ccc1C#CCC(=O)O. The van der Waals surface area contributed by atoms with Crippen LogP contribution in [0, 0.1) is 24.6 Å². The van der Waals surface area contributed by atoms with Gasteiger partial charge in [-0.1, -0.05) is 11.8 Å². The van der Waals surface area contributed by atoms with E-state index in [0.717, 1.165) is 0 Å². The van der Waals surface area contributed by atoms with Crippen LogP contribution < -0.4 is 0 Å². The van der Waals surface area contributed by atoms with Crippen LogP contribution in [0.1, 0.15) is 17.5 Å². The molecule has 0 aliphatic rings. The van der Waals surface area contributed by atoms with Crippen molar-refractivity contribution in [3.8, 4) is 11.8 Å². The third kappa shape index (κ3) is 2.91. The maximum atomic E-state index is 12.7. The summed E-state index contributed by atoms with van der Waals surface area (Å²) in [6.07, 6.45) is -0.198. The summed E-state index contributed by atoms with van der Waals surface area (Å²) in [5.41, 5.74) is 1.37. The molecule has 1 aromatic carbocycles. The summed E-state index contributed by atoms with van der Waals surface area (Å²) >= 11 is 0. The van der Waals surface area contributed by atoms with E-state index < -0.39 is 5.97 Å². The molecule has 0 unspecified atom stereocenters. The van der Waals surface area contributed by atoms with E-state index in [2.05, 4.69) is 11.8 Å². The lowest BCUT2D eigenvalue weighted by Crippen LogP contribution is -1.90. The lowest BCUT2D eigenvalue weighted by atomic mass is 10.1. The van der Waals surface area contributed by atoms with Crippen molar-refractivity contribution in [2.24, 2.45) is 0 Å². The fourth-order valence-corrected chi connectivity index (χ4v) is 0.982. The molecule has 0 aliphatic carbocycles. The van der Waals surface area contributed by atoms with Crippen molar-refractivity contribution >= 4 is 5.97 Å².